The molecule has 0 atom stereocenters. The molecule has 1 aromatic rings. The average molecular weight is 279 g/mol. The number of hydrogen-bond acceptors (Lipinski definition) is 3. The summed E-state index contributed by atoms with van der Waals surface area (Å²) in [6.45, 7) is 3.41. The summed E-state index contributed by atoms with van der Waals surface area (Å²) in [5, 5.41) is 2.89. The molecule has 0 aliphatic rings. The fourth-order valence-electron chi connectivity index (χ4n) is 2.08. The average Bonchev–Trinajstić information content (AvgIpc) is 2.44. The van der Waals surface area contributed by atoms with Crippen LogP contribution in [-0.2, 0) is 16.0 Å². The van der Waals surface area contributed by atoms with E-state index in [1.807, 2.05) is 13.0 Å². The Bertz CT molecular complexity index is 418. The molecule has 0 heterocycles. The van der Waals surface area contributed by atoms with Gasteiger partial charge in [0.25, 0.3) is 0 Å². The van der Waals surface area contributed by atoms with Gasteiger partial charge in [-0.2, -0.15) is 0 Å². The topological polar surface area (TPSA) is 47.6 Å². The van der Waals surface area contributed by atoms with Gasteiger partial charge in [-0.15, -0.1) is 0 Å². The molecule has 1 N–H and O–H groups in total. The highest BCUT2D eigenvalue weighted by Gasteiger charge is 2.03. The molecule has 0 unspecified atom stereocenters. The number of carbonyl (C=O) groups is 1. The van der Waals surface area contributed by atoms with E-state index in [9.17, 15) is 4.79 Å². The Morgan fingerprint density at radius 1 is 1.25 bits per heavy atom. The Labute approximate surface area is 121 Å². The Morgan fingerprint density at radius 3 is 2.70 bits per heavy atom. The number of nitrogens with one attached hydrogen (secondary N) is 1. The number of ether oxygens (including phenoxy) is 2. The van der Waals surface area contributed by atoms with Crippen LogP contribution in [0.1, 0.15) is 30.4 Å². The van der Waals surface area contributed by atoms with Crippen molar-refractivity contribution in [2.45, 2.75) is 32.6 Å². The molecule has 4 heteroatoms. The van der Waals surface area contributed by atoms with Gasteiger partial charge in [0.15, 0.2) is 0 Å². The molecule has 4 nitrogen and oxygen atoms in total. The van der Waals surface area contributed by atoms with Crippen LogP contribution in [-0.4, -0.2) is 33.3 Å². The van der Waals surface area contributed by atoms with Crippen molar-refractivity contribution >= 4 is 5.91 Å². The molecule has 1 aromatic carbocycles. The Kier molecular flexibility index (Phi) is 7.73. The molecule has 0 saturated heterocycles. The van der Waals surface area contributed by atoms with Crippen molar-refractivity contribution in [3.63, 3.8) is 0 Å². The second-order valence-electron chi connectivity index (χ2n) is 4.85. The molecule has 0 aromatic heterocycles. The highest BCUT2D eigenvalue weighted by Crippen LogP contribution is 2.19. The molecule has 0 bridgehead atoms. The van der Waals surface area contributed by atoms with Crippen LogP contribution in [0.25, 0.3) is 0 Å². The zero-order valence-electron chi connectivity index (χ0n) is 12.7. The van der Waals surface area contributed by atoms with Crippen LogP contribution in [0.3, 0.4) is 0 Å². The van der Waals surface area contributed by atoms with Crippen molar-refractivity contribution in [3.8, 4) is 5.75 Å². The van der Waals surface area contributed by atoms with Crippen molar-refractivity contribution in [2.24, 2.45) is 0 Å². The third-order valence-electron chi connectivity index (χ3n) is 3.18. The lowest BCUT2D eigenvalue weighted by Gasteiger charge is -2.08. The van der Waals surface area contributed by atoms with Crippen molar-refractivity contribution in [3.05, 3.63) is 29.3 Å². The number of aryl methyl sites for hydroxylation is 2. The van der Waals surface area contributed by atoms with Gasteiger partial charge in [0.2, 0.25) is 5.91 Å². The molecule has 0 saturated carbocycles. The van der Waals surface area contributed by atoms with E-state index in [2.05, 4.69) is 17.4 Å². The number of amides is 1. The van der Waals surface area contributed by atoms with Crippen molar-refractivity contribution < 1.29 is 14.3 Å². The minimum atomic E-state index is 0.117. The quantitative estimate of drug-likeness (QED) is 0.706. The molecule has 0 fully saturated rings. The smallest absolute Gasteiger partial charge is 0.220 e. The van der Waals surface area contributed by atoms with Crippen LogP contribution in [0.15, 0.2) is 18.2 Å². The summed E-state index contributed by atoms with van der Waals surface area (Å²) in [4.78, 5) is 11.6. The molecular formula is C16H25NO3. The SMILES string of the molecule is COCCCNC(=O)CCCc1ccc(OC)c(C)c1. The second kappa shape index (κ2) is 9.37. The van der Waals surface area contributed by atoms with E-state index in [1.165, 1.54) is 5.56 Å². The number of hydrogen-bond donors (Lipinski definition) is 1. The van der Waals surface area contributed by atoms with Gasteiger partial charge in [-0.3, -0.25) is 4.79 Å². The summed E-state index contributed by atoms with van der Waals surface area (Å²) in [7, 11) is 3.34. The van der Waals surface area contributed by atoms with E-state index in [1.54, 1.807) is 14.2 Å². The lowest BCUT2D eigenvalue weighted by molar-refractivity contribution is -0.121. The van der Waals surface area contributed by atoms with Crippen LogP contribution in [0, 0.1) is 6.92 Å². The zero-order valence-corrected chi connectivity index (χ0v) is 12.7. The Hall–Kier alpha value is -1.55. The standard InChI is InChI=1S/C16H25NO3/c1-13-12-14(8-9-15(13)20-3)6-4-7-16(18)17-10-5-11-19-2/h8-9,12H,4-7,10-11H2,1-3H3,(H,17,18). The highest BCUT2D eigenvalue weighted by molar-refractivity contribution is 5.75. The summed E-state index contributed by atoms with van der Waals surface area (Å²) in [5.74, 6) is 1.02. The first-order valence-electron chi connectivity index (χ1n) is 7.06. The predicted molar refractivity (Wildman–Crippen MR) is 80.2 cm³/mol. The summed E-state index contributed by atoms with van der Waals surface area (Å²) in [6.07, 6.45) is 3.20. The minimum Gasteiger partial charge on any atom is -0.496 e. The highest BCUT2D eigenvalue weighted by atomic mass is 16.5. The number of rotatable bonds is 9. The van der Waals surface area contributed by atoms with Gasteiger partial charge >= 0.3 is 0 Å². The van der Waals surface area contributed by atoms with Crippen molar-refractivity contribution in [1.29, 1.82) is 0 Å². The molecule has 0 aliphatic heterocycles. The molecule has 1 amide bonds. The minimum absolute atomic E-state index is 0.117. The maximum Gasteiger partial charge on any atom is 0.220 e. The normalized spacial score (nSPS) is 10.3. The summed E-state index contributed by atoms with van der Waals surface area (Å²) < 4.78 is 10.2. The summed E-state index contributed by atoms with van der Waals surface area (Å²) >= 11 is 0. The number of methoxy groups -OCH3 is 2. The van der Waals surface area contributed by atoms with Gasteiger partial charge in [0.1, 0.15) is 5.75 Å². The maximum atomic E-state index is 11.6. The van der Waals surface area contributed by atoms with E-state index in [0.717, 1.165) is 30.6 Å². The van der Waals surface area contributed by atoms with Gasteiger partial charge in [-0.25, -0.2) is 0 Å². The number of carbonyl (C=O) groups excluding carboxylic acids is 1. The molecule has 112 valence electrons. The van der Waals surface area contributed by atoms with Gasteiger partial charge in [0, 0.05) is 26.7 Å². The van der Waals surface area contributed by atoms with Crippen LogP contribution < -0.4 is 10.1 Å². The van der Waals surface area contributed by atoms with E-state index in [-0.39, 0.29) is 5.91 Å². The first-order valence-corrected chi connectivity index (χ1v) is 7.06. The Morgan fingerprint density at radius 2 is 2.05 bits per heavy atom. The van der Waals surface area contributed by atoms with Crippen LogP contribution in [0.5, 0.6) is 5.75 Å². The third-order valence-corrected chi connectivity index (χ3v) is 3.18. The van der Waals surface area contributed by atoms with E-state index < -0.39 is 0 Å². The maximum absolute atomic E-state index is 11.6. The van der Waals surface area contributed by atoms with Gasteiger partial charge in [-0.1, -0.05) is 12.1 Å². The fourth-order valence-corrected chi connectivity index (χ4v) is 2.08. The second-order valence-corrected chi connectivity index (χ2v) is 4.85. The van der Waals surface area contributed by atoms with Crippen molar-refractivity contribution in [1.82, 2.24) is 5.32 Å². The predicted octanol–water partition coefficient (Wildman–Crippen LogP) is 2.48. The first-order chi connectivity index (χ1) is 9.67. The molecule has 20 heavy (non-hydrogen) atoms. The molecule has 0 spiro atoms. The number of benzene rings is 1. The monoisotopic (exact) mass is 279 g/mol. The fraction of sp³-hybridized carbons (Fsp3) is 0.562. The lowest BCUT2D eigenvalue weighted by Crippen LogP contribution is -2.24. The van der Waals surface area contributed by atoms with E-state index in [0.29, 0.717) is 19.6 Å². The molecular weight excluding hydrogens is 254 g/mol. The van der Waals surface area contributed by atoms with Gasteiger partial charge in [-0.05, 0) is 43.4 Å². The van der Waals surface area contributed by atoms with Crippen LogP contribution in [0.4, 0.5) is 0 Å². The molecule has 1 rings (SSSR count). The zero-order chi connectivity index (χ0) is 14.8. The summed E-state index contributed by atoms with van der Waals surface area (Å²) in [5.41, 5.74) is 2.38. The van der Waals surface area contributed by atoms with E-state index >= 15 is 0 Å². The molecule has 0 radical (unpaired) electrons. The van der Waals surface area contributed by atoms with Crippen LogP contribution >= 0.6 is 0 Å². The van der Waals surface area contributed by atoms with Gasteiger partial charge < -0.3 is 14.8 Å². The van der Waals surface area contributed by atoms with Crippen LogP contribution in [0.2, 0.25) is 0 Å². The third kappa shape index (κ3) is 6.06. The van der Waals surface area contributed by atoms with E-state index in [4.69, 9.17) is 9.47 Å². The lowest BCUT2D eigenvalue weighted by atomic mass is 10.0. The molecule has 0 aliphatic carbocycles. The van der Waals surface area contributed by atoms with Gasteiger partial charge in [0.05, 0.1) is 7.11 Å². The largest absolute Gasteiger partial charge is 0.496 e. The summed E-state index contributed by atoms with van der Waals surface area (Å²) in [6, 6.07) is 6.16. The van der Waals surface area contributed by atoms with Crippen molar-refractivity contribution in [2.75, 3.05) is 27.4 Å². The Balaban J connectivity index is 2.23. The first kappa shape index (κ1) is 16.5.